The Bertz CT molecular complexity index is 1040. The van der Waals surface area contributed by atoms with Gasteiger partial charge in [0.2, 0.25) is 0 Å². The molecule has 0 N–H and O–H groups in total. The SMILES string of the molecule is CCN(CC)CC(OC(=O)c1ccccc1C(=O)OC(CN(CC)CC)c1ccccc1)c1ccccc1. The van der Waals surface area contributed by atoms with Gasteiger partial charge in [-0.05, 0) is 49.4 Å². The van der Waals surface area contributed by atoms with E-state index in [0.29, 0.717) is 13.1 Å². The Balaban J connectivity index is 1.85. The van der Waals surface area contributed by atoms with E-state index in [2.05, 4.69) is 37.5 Å². The molecule has 3 rings (SSSR count). The molecule has 0 saturated carbocycles. The normalized spacial score (nSPS) is 12.8. The smallest absolute Gasteiger partial charge is 0.339 e. The Hall–Kier alpha value is -3.48. The van der Waals surface area contributed by atoms with Crippen LogP contribution >= 0.6 is 0 Å². The maximum Gasteiger partial charge on any atom is 0.339 e. The van der Waals surface area contributed by atoms with Crippen LogP contribution in [0.2, 0.25) is 0 Å². The van der Waals surface area contributed by atoms with E-state index in [4.69, 9.17) is 9.47 Å². The summed E-state index contributed by atoms with van der Waals surface area (Å²) in [7, 11) is 0. The van der Waals surface area contributed by atoms with Gasteiger partial charge in [0.15, 0.2) is 0 Å². The van der Waals surface area contributed by atoms with Crippen LogP contribution in [0.25, 0.3) is 0 Å². The topological polar surface area (TPSA) is 59.1 Å². The van der Waals surface area contributed by atoms with Crippen LogP contribution in [-0.4, -0.2) is 61.0 Å². The number of nitrogens with zero attached hydrogens (tertiary/aromatic N) is 2. The van der Waals surface area contributed by atoms with Crippen LogP contribution in [0.15, 0.2) is 84.9 Å². The van der Waals surface area contributed by atoms with Crippen LogP contribution < -0.4 is 0 Å². The zero-order valence-electron chi connectivity index (χ0n) is 23.0. The molecule has 202 valence electrons. The summed E-state index contributed by atoms with van der Waals surface area (Å²) in [5, 5.41) is 0. The second kappa shape index (κ2) is 15.1. The number of carbonyl (C=O) groups is 2. The van der Waals surface area contributed by atoms with Gasteiger partial charge in [-0.15, -0.1) is 0 Å². The molecular weight excluding hydrogens is 476 g/mol. The van der Waals surface area contributed by atoms with E-state index in [9.17, 15) is 9.59 Å². The van der Waals surface area contributed by atoms with Crippen molar-refractivity contribution in [3.63, 3.8) is 0 Å². The van der Waals surface area contributed by atoms with E-state index in [-0.39, 0.29) is 11.1 Å². The van der Waals surface area contributed by atoms with Crippen molar-refractivity contribution in [2.45, 2.75) is 39.9 Å². The molecule has 6 heteroatoms. The van der Waals surface area contributed by atoms with E-state index in [1.807, 2.05) is 60.7 Å². The molecule has 0 aliphatic carbocycles. The van der Waals surface area contributed by atoms with Crippen LogP contribution in [-0.2, 0) is 9.47 Å². The van der Waals surface area contributed by atoms with Crippen molar-refractivity contribution in [1.29, 1.82) is 0 Å². The highest BCUT2D eigenvalue weighted by molar-refractivity contribution is 6.03. The molecule has 0 fully saturated rings. The maximum atomic E-state index is 13.5. The summed E-state index contributed by atoms with van der Waals surface area (Å²) in [5.74, 6) is -1.09. The number of esters is 2. The Morgan fingerprint density at radius 3 is 1.18 bits per heavy atom. The summed E-state index contributed by atoms with van der Waals surface area (Å²) >= 11 is 0. The van der Waals surface area contributed by atoms with Gasteiger partial charge in [-0.2, -0.15) is 0 Å². The molecule has 0 radical (unpaired) electrons. The van der Waals surface area contributed by atoms with E-state index in [1.165, 1.54) is 0 Å². The molecule has 3 aromatic rings. The fourth-order valence-electron chi connectivity index (χ4n) is 4.41. The number of benzene rings is 3. The Labute approximate surface area is 227 Å². The zero-order chi connectivity index (χ0) is 27.3. The molecule has 3 aromatic carbocycles. The first-order chi connectivity index (χ1) is 18.5. The van der Waals surface area contributed by atoms with Gasteiger partial charge in [0.1, 0.15) is 12.2 Å². The van der Waals surface area contributed by atoms with Gasteiger partial charge >= 0.3 is 11.9 Å². The number of likely N-dealkylation sites (N-methyl/N-ethyl adjacent to an activating group) is 2. The number of hydrogen-bond donors (Lipinski definition) is 0. The van der Waals surface area contributed by atoms with Crippen LogP contribution in [0.3, 0.4) is 0 Å². The summed E-state index contributed by atoms with van der Waals surface area (Å²) in [5.41, 5.74) is 2.23. The predicted molar refractivity (Wildman–Crippen MR) is 151 cm³/mol. The summed E-state index contributed by atoms with van der Waals surface area (Å²) in [6.07, 6.45) is -0.931. The van der Waals surface area contributed by atoms with Crippen molar-refractivity contribution in [2.24, 2.45) is 0 Å². The van der Waals surface area contributed by atoms with Crippen LogP contribution in [0.5, 0.6) is 0 Å². The molecule has 0 amide bonds. The predicted octanol–water partition coefficient (Wildman–Crippen LogP) is 6.17. The second-order valence-corrected chi connectivity index (χ2v) is 9.13. The minimum atomic E-state index is -0.543. The van der Waals surface area contributed by atoms with E-state index in [0.717, 1.165) is 37.3 Å². The van der Waals surface area contributed by atoms with Gasteiger partial charge in [-0.1, -0.05) is 100 Å². The first kappa shape index (κ1) is 29.1. The number of ether oxygens (including phenoxy) is 2. The van der Waals surface area contributed by atoms with Gasteiger partial charge in [0, 0.05) is 13.1 Å². The van der Waals surface area contributed by atoms with Crippen molar-refractivity contribution in [3.05, 3.63) is 107 Å². The van der Waals surface area contributed by atoms with Crippen molar-refractivity contribution in [1.82, 2.24) is 9.80 Å². The highest BCUT2D eigenvalue weighted by Crippen LogP contribution is 2.25. The van der Waals surface area contributed by atoms with Crippen LogP contribution in [0.4, 0.5) is 0 Å². The third-order valence-corrected chi connectivity index (χ3v) is 6.85. The van der Waals surface area contributed by atoms with E-state index in [1.54, 1.807) is 24.3 Å². The molecule has 38 heavy (non-hydrogen) atoms. The largest absolute Gasteiger partial charge is 0.452 e. The lowest BCUT2D eigenvalue weighted by atomic mass is 10.1. The van der Waals surface area contributed by atoms with Gasteiger partial charge in [-0.25, -0.2) is 9.59 Å². The molecule has 2 atom stereocenters. The average Bonchev–Trinajstić information content (AvgIpc) is 2.98. The second-order valence-electron chi connectivity index (χ2n) is 9.13. The van der Waals surface area contributed by atoms with Gasteiger partial charge < -0.3 is 9.47 Å². The third kappa shape index (κ3) is 8.01. The van der Waals surface area contributed by atoms with Crippen molar-refractivity contribution in [2.75, 3.05) is 39.3 Å². The quantitative estimate of drug-likeness (QED) is 0.239. The third-order valence-electron chi connectivity index (χ3n) is 6.85. The summed E-state index contributed by atoms with van der Waals surface area (Å²) < 4.78 is 12.1. The molecule has 6 nitrogen and oxygen atoms in total. The number of rotatable bonds is 14. The van der Waals surface area contributed by atoms with Crippen molar-refractivity contribution in [3.8, 4) is 0 Å². The van der Waals surface area contributed by atoms with Crippen LogP contribution in [0.1, 0.15) is 71.7 Å². The maximum absolute atomic E-state index is 13.5. The first-order valence-electron chi connectivity index (χ1n) is 13.6. The molecule has 0 aliphatic heterocycles. The Kier molecular flexibility index (Phi) is 11.5. The molecule has 0 aliphatic rings. The lowest BCUT2D eigenvalue weighted by Gasteiger charge is -2.27. The van der Waals surface area contributed by atoms with Crippen LogP contribution in [0, 0.1) is 0 Å². The molecule has 0 bridgehead atoms. The number of carbonyl (C=O) groups excluding carboxylic acids is 2. The van der Waals surface area contributed by atoms with E-state index < -0.39 is 24.1 Å². The summed E-state index contributed by atoms with van der Waals surface area (Å²) in [4.78, 5) is 31.4. The lowest BCUT2D eigenvalue weighted by Crippen LogP contribution is -2.31. The highest BCUT2D eigenvalue weighted by atomic mass is 16.6. The average molecular weight is 517 g/mol. The van der Waals surface area contributed by atoms with Gasteiger partial charge in [0.05, 0.1) is 11.1 Å². The molecule has 0 spiro atoms. The molecule has 0 aromatic heterocycles. The van der Waals surface area contributed by atoms with Crippen molar-refractivity contribution >= 4 is 11.9 Å². The molecule has 0 heterocycles. The van der Waals surface area contributed by atoms with Gasteiger partial charge in [0.25, 0.3) is 0 Å². The Morgan fingerprint density at radius 1 is 0.553 bits per heavy atom. The van der Waals surface area contributed by atoms with Gasteiger partial charge in [-0.3, -0.25) is 9.80 Å². The first-order valence-corrected chi connectivity index (χ1v) is 13.6. The monoisotopic (exact) mass is 516 g/mol. The van der Waals surface area contributed by atoms with Crippen molar-refractivity contribution < 1.29 is 19.1 Å². The minimum Gasteiger partial charge on any atom is -0.452 e. The number of hydrogen-bond acceptors (Lipinski definition) is 6. The fourth-order valence-corrected chi connectivity index (χ4v) is 4.41. The zero-order valence-corrected chi connectivity index (χ0v) is 23.0. The minimum absolute atomic E-state index is 0.202. The highest BCUT2D eigenvalue weighted by Gasteiger charge is 2.26. The van der Waals surface area contributed by atoms with E-state index >= 15 is 0 Å². The molecule has 2 unspecified atom stereocenters. The standard InChI is InChI=1S/C32H40N2O4/c1-5-33(6-2)23-29(25-17-11-9-12-18-25)37-31(35)27-21-15-16-22-28(27)32(36)38-30(24-34(7-3)8-4)26-19-13-10-14-20-26/h9-22,29-30H,5-8,23-24H2,1-4H3. The summed E-state index contributed by atoms with van der Waals surface area (Å²) in [6, 6.07) is 26.2. The fraction of sp³-hybridized carbons (Fsp3) is 0.375. The molecule has 0 saturated heterocycles. The lowest BCUT2D eigenvalue weighted by molar-refractivity contribution is 0.0159. The summed E-state index contributed by atoms with van der Waals surface area (Å²) in [6.45, 7) is 12.8. The molecular formula is C32H40N2O4. The Morgan fingerprint density at radius 2 is 0.868 bits per heavy atom.